The Kier molecular flexibility index (Phi) is 21.3. The molecule has 1 spiro atoms. The van der Waals surface area contributed by atoms with E-state index in [1.54, 1.807) is 0 Å². The van der Waals surface area contributed by atoms with Crippen LogP contribution >= 0.6 is 0 Å². The van der Waals surface area contributed by atoms with Crippen molar-refractivity contribution in [3.63, 3.8) is 0 Å². The molecule has 35 heteroatoms. The van der Waals surface area contributed by atoms with Gasteiger partial charge in [-0.3, -0.25) is 23.2 Å². The van der Waals surface area contributed by atoms with Gasteiger partial charge in [0.25, 0.3) is 0 Å². The molecular weight excluding hydrogens is 1280 g/mol. The van der Waals surface area contributed by atoms with Crippen LogP contribution in [0.4, 0.5) is 0 Å². The van der Waals surface area contributed by atoms with Gasteiger partial charge in [0.15, 0.2) is 25.2 Å². The Hall–Kier alpha value is -2.61. The smallest absolute Gasteiger partial charge is 0.397 e. The molecule has 5 saturated heterocycles. The third-order valence-electron chi connectivity index (χ3n) is 21.0. The zero-order valence-electron chi connectivity index (χ0n) is 51.8. The molecule has 8 fully saturated rings. The number of hydrogen-bond acceptors (Lipinski definition) is 29. The third-order valence-corrected chi connectivity index (χ3v) is 22.4. The Bertz CT molecular complexity index is 3040. The second-order valence-electron chi connectivity index (χ2n) is 27.1. The maximum atomic E-state index is 14.7. The van der Waals surface area contributed by atoms with Gasteiger partial charge >= 0.3 is 43.1 Å². The van der Waals surface area contributed by atoms with Crippen molar-refractivity contribution in [3.8, 4) is 0 Å². The van der Waals surface area contributed by atoms with Gasteiger partial charge < -0.3 is 87.9 Å². The van der Waals surface area contributed by atoms with Gasteiger partial charge in [-0.15, -0.1) is 6.58 Å². The number of methoxy groups -OCH3 is 1. The van der Waals surface area contributed by atoms with Gasteiger partial charge in [-0.05, 0) is 101 Å². The molecule has 91 heavy (non-hydrogen) atoms. The Morgan fingerprint density at radius 1 is 0.681 bits per heavy atom. The molecule has 0 unspecified atom stereocenters. The van der Waals surface area contributed by atoms with Crippen LogP contribution in [0, 0.1) is 39.4 Å². The topological polar surface area (TPSA) is 468 Å². The molecule has 0 aromatic carbocycles. The van der Waals surface area contributed by atoms with Gasteiger partial charge in [0, 0.05) is 19.4 Å². The minimum atomic E-state index is -5.26. The molecular formula is C56H88O32S3. The number of aliphatic hydroxyl groups excluding tert-OH is 7. The molecule has 0 aromatic heterocycles. The summed E-state index contributed by atoms with van der Waals surface area (Å²) in [7, 11) is -14.6. The fourth-order valence-corrected chi connectivity index (χ4v) is 18.0. The standard InChI is InChI=1S/C56H88O32S3/c1-24(2)12-11-17-55(9)46-29(80-26(4)57)20-54(8)28-13-14-33-52(5,6)34(16-18-53(33,7)27(28)15-19-56(46,54)51(65)87-55)83-50-45(37(60)32(21-76-50)88-91(72,73)74)86-47-39(62)38(61)42(25(3)79-47)84-49-41(64)44(36(59)31(82-49)23-78-90(69,70)71)85-48-40(63)43(75-10)35(58)30(81-48)22-77-89(66,67)68/h13,25,27,29-50,58-64H,1,11-12,14-23H2,2-10H3,(H,66,67,68)(H,69,70,71)(H,72,73,74)/t25-,27+,29+,30-,31-,32-,33+,34+,35-,36-,37+,38-,39-,40-,41-,42-,43+,44+,45-,46-,47+,48+,49+,50+,53-,54+,55+,56-/m1/s1. The summed E-state index contributed by atoms with van der Waals surface area (Å²) in [5, 5.41) is 80.4. The summed E-state index contributed by atoms with van der Waals surface area (Å²) >= 11 is 0. The second-order valence-corrected chi connectivity index (χ2v) is 30.3. The number of esters is 2. The van der Waals surface area contributed by atoms with Gasteiger partial charge in [0.1, 0.15) is 97.2 Å². The van der Waals surface area contributed by atoms with Gasteiger partial charge in [-0.25, -0.2) is 12.5 Å². The molecule has 522 valence electrons. The van der Waals surface area contributed by atoms with E-state index < -0.39 is 214 Å². The average Bonchev–Trinajstić information content (AvgIpc) is 1.52. The first-order chi connectivity index (χ1) is 42.1. The van der Waals surface area contributed by atoms with Crippen LogP contribution in [-0.2, 0) is 105 Å². The number of cyclic esters (lactones) is 1. The summed E-state index contributed by atoms with van der Waals surface area (Å²) < 4.78 is 178. The number of ether oxygens (including phenoxy) is 11. The molecule has 5 aliphatic heterocycles. The molecule has 0 radical (unpaired) electrons. The van der Waals surface area contributed by atoms with Crippen molar-refractivity contribution in [2.75, 3.05) is 26.9 Å². The number of rotatable bonds is 22. The summed E-state index contributed by atoms with van der Waals surface area (Å²) in [6.07, 6.45) is -30.7. The normalized spacial score (nSPS) is 46.6. The van der Waals surface area contributed by atoms with Crippen molar-refractivity contribution in [3.05, 3.63) is 23.8 Å². The van der Waals surface area contributed by atoms with Crippen molar-refractivity contribution in [2.24, 2.45) is 39.4 Å². The fourth-order valence-electron chi connectivity index (χ4n) is 16.9. The highest BCUT2D eigenvalue weighted by Gasteiger charge is 2.79. The highest BCUT2D eigenvalue weighted by atomic mass is 32.3. The number of hydrogen-bond donors (Lipinski definition) is 10. The number of carbonyl (C=O) groups is 2. The van der Waals surface area contributed by atoms with Crippen molar-refractivity contribution in [1.29, 1.82) is 0 Å². The Labute approximate surface area is 527 Å². The molecule has 9 rings (SSSR count). The van der Waals surface area contributed by atoms with E-state index in [-0.39, 0.29) is 23.2 Å². The molecule has 9 aliphatic rings. The highest BCUT2D eigenvalue weighted by molar-refractivity contribution is 7.81. The zero-order chi connectivity index (χ0) is 67.3. The summed E-state index contributed by atoms with van der Waals surface area (Å²) in [5.41, 5.74) is -1.53. The minimum absolute atomic E-state index is 0.0194. The lowest BCUT2D eigenvalue weighted by Gasteiger charge is -2.64. The monoisotopic (exact) mass is 1370 g/mol. The van der Waals surface area contributed by atoms with Crippen LogP contribution in [0.3, 0.4) is 0 Å². The summed E-state index contributed by atoms with van der Waals surface area (Å²) in [4.78, 5) is 27.5. The maximum Gasteiger partial charge on any atom is 0.397 e. The van der Waals surface area contributed by atoms with Gasteiger partial charge in [0.2, 0.25) is 0 Å². The number of carbonyl (C=O) groups excluding carboxylic acids is 2. The molecule has 0 amide bonds. The fraction of sp³-hybridized carbons (Fsp3) is 0.893. The van der Waals surface area contributed by atoms with Gasteiger partial charge in [-0.2, -0.15) is 25.3 Å². The van der Waals surface area contributed by atoms with E-state index in [1.807, 2.05) is 27.7 Å². The summed E-state index contributed by atoms with van der Waals surface area (Å²) in [5.74, 6) is -1.22. The van der Waals surface area contributed by atoms with Crippen molar-refractivity contribution in [1.82, 2.24) is 0 Å². The molecule has 32 nitrogen and oxygen atoms in total. The van der Waals surface area contributed by atoms with Crippen LogP contribution in [-0.4, -0.2) is 248 Å². The molecule has 10 N–H and O–H groups in total. The zero-order valence-corrected chi connectivity index (χ0v) is 54.3. The molecule has 3 saturated carbocycles. The minimum Gasteiger partial charge on any atom is -0.462 e. The van der Waals surface area contributed by atoms with Crippen LogP contribution in [0.5, 0.6) is 0 Å². The molecule has 5 heterocycles. The average molecular weight is 1370 g/mol. The quantitative estimate of drug-likeness (QED) is 0.0376. The summed E-state index contributed by atoms with van der Waals surface area (Å²) in [6, 6.07) is 0. The lowest BCUT2D eigenvalue weighted by Crippen LogP contribution is -2.67. The van der Waals surface area contributed by atoms with E-state index in [1.165, 1.54) is 13.8 Å². The predicted molar refractivity (Wildman–Crippen MR) is 303 cm³/mol. The second kappa shape index (κ2) is 26.7. The van der Waals surface area contributed by atoms with E-state index >= 15 is 0 Å². The van der Waals surface area contributed by atoms with Crippen LogP contribution < -0.4 is 0 Å². The first-order valence-electron chi connectivity index (χ1n) is 30.3. The lowest BCUT2D eigenvalue weighted by molar-refractivity contribution is -0.389. The number of aliphatic hydroxyl groups is 7. The molecule has 0 aromatic rings. The first kappa shape index (κ1) is 72.7. The predicted octanol–water partition coefficient (Wildman–Crippen LogP) is -0.365. The van der Waals surface area contributed by atoms with Crippen LogP contribution in [0.2, 0.25) is 0 Å². The van der Waals surface area contributed by atoms with E-state index in [0.29, 0.717) is 44.9 Å². The Balaban J connectivity index is 0.926. The first-order valence-corrected chi connectivity index (χ1v) is 34.3. The van der Waals surface area contributed by atoms with E-state index in [2.05, 4.69) is 34.9 Å². The number of allylic oxidation sites excluding steroid dienone is 3. The van der Waals surface area contributed by atoms with Gasteiger partial charge in [0.05, 0.1) is 43.4 Å². The van der Waals surface area contributed by atoms with Crippen LogP contribution in [0.25, 0.3) is 0 Å². The van der Waals surface area contributed by atoms with Crippen molar-refractivity contribution in [2.45, 2.75) is 248 Å². The van der Waals surface area contributed by atoms with E-state index in [9.17, 15) is 79.7 Å². The van der Waals surface area contributed by atoms with Gasteiger partial charge in [-0.1, -0.05) is 44.9 Å². The highest BCUT2D eigenvalue weighted by Crippen LogP contribution is 2.77. The third kappa shape index (κ3) is 14.1. The Morgan fingerprint density at radius 3 is 1.82 bits per heavy atom. The molecule has 4 aliphatic carbocycles. The molecule has 0 bridgehead atoms. The molecule has 28 atom stereocenters. The summed E-state index contributed by atoms with van der Waals surface area (Å²) in [6.45, 7) is 16.1. The largest absolute Gasteiger partial charge is 0.462 e. The number of fused-ring (bicyclic) bond motifs is 4. The Morgan fingerprint density at radius 2 is 1.25 bits per heavy atom. The maximum absolute atomic E-state index is 14.7. The van der Waals surface area contributed by atoms with Crippen molar-refractivity contribution >= 4 is 43.1 Å². The van der Waals surface area contributed by atoms with Crippen LogP contribution in [0.15, 0.2) is 23.8 Å². The van der Waals surface area contributed by atoms with Crippen LogP contribution in [0.1, 0.15) is 113 Å². The SMILES string of the molecule is C=C(C)CCC[C@]1(C)OC(=O)[C@]23CC[C@H]4C(=CC[C@H]5C(C)(C)[C@@H](O[C@@H]6OC[C@@H](OS(=O)(=O)O)[C@H](O)[C@H]6O[C@@H]6O[C@H](C)[C@@H](O[C@@H]7O[C@H](COS(=O)(=O)O)[C@@H](O)[C@H](O[C@@H]8O[C@H](COS(=O)(=O)O)[C@@H](O)[C@H](OC)[C@H]8O)[C@H]7O)[C@H](O)[C@H]6O)CC[C@]45C)[C@]2(C)C[C@H](OC(C)=O)[C@@H]31. The van der Waals surface area contributed by atoms with E-state index in [0.717, 1.165) is 31.1 Å². The lowest BCUT2D eigenvalue weighted by atomic mass is 9.41. The van der Waals surface area contributed by atoms with Crippen molar-refractivity contribution < 1.29 is 149 Å². The van der Waals surface area contributed by atoms with E-state index in [4.69, 9.17) is 60.8 Å².